The molecule has 0 heterocycles. The largest absolute Gasteiger partial charge is 0.347 e. The molecule has 0 aliphatic heterocycles. The molecule has 2 rings (SSSR count). The predicted octanol–water partition coefficient (Wildman–Crippen LogP) is 0.755. The number of nitrogens with one attached hydrogen (secondary N) is 1. The van der Waals surface area contributed by atoms with E-state index in [0.717, 1.165) is 31.0 Å². The Morgan fingerprint density at radius 2 is 2.00 bits per heavy atom. The van der Waals surface area contributed by atoms with Gasteiger partial charge in [0, 0.05) is 11.1 Å². The Bertz CT molecular complexity index is 609. The summed E-state index contributed by atoms with van der Waals surface area (Å²) < 4.78 is 35.5. The Balaban J connectivity index is 2.33. The number of nitrogens with two attached hydrogens (primary N) is 1. The topological polar surface area (TPSA) is 89.3 Å². The van der Waals surface area contributed by atoms with Crippen LogP contribution in [0.2, 0.25) is 0 Å². The second kappa shape index (κ2) is 4.03. The summed E-state index contributed by atoms with van der Waals surface area (Å²) in [6.45, 7) is 1.87. The van der Waals surface area contributed by atoms with Crippen molar-refractivity contribution in [3.63, 3.8) is 0 Å². The fraction of sp³-hybridized carbons (Fsp3) is 0.364. The van der Waals surface area contributed by atoms with Crippen LogP contribution in [-0.2, 0) is 10.0 Å². The van der Waals surface area contributed by atoms with Gasteiger partial charge in [-0.3, -0.25) is 4.79 Å². The summed E-state index contributed by atoms with van der Waals surface area (Å²) in [7, 11) is -4.03. The quantitative estimate of drug-likeness (QED) is 0.851. The minimum Gasteiger partial charge on any atom is -0.347 e. The predicted molar refractivity (Wildman–Crippen MR) is 62.9 cm³/mol. The highest BCUT2D eigenvalue weighted by Gasteiger charge is 2.38. The second-order valence-corrected chi connectivity index (χ2v) is 6.30. The molecule has 1 aromatic rings. The Hall–Kier alpha value is -1.47. The van der Waals surface area contributed by atoms with Gasteiger partial charge in [-0.15, -0.1) is 0 Å². The van der Waals surface area contributed by atoms with Crippen molar-refractivity contribution in [1.29, 1.82) is 0 Å². The van der Waals surface area contributed by atoms with Crippen molar-refractivity contribution in [3.05, 3.63) is 29.6 Å². The molecule has 1 amide bonds. The molecule has 0 unspecified atom stereocenters. The molecule has 1 aromatic carbocycles. The third-order valence-corrected chi connectivity index (χ3v) is 3.77. The lowest BCUT2D eigenvalue weighted by molar-refractivity contribution is 0.0934. The molecule has 0 radical (unpaired) electrons. The van der Waals surface area contributed by atoms with Gasteiger partial charge < -0.3 is 5.32 Å². The third-order valence-electron chi connectivity index (χ3n) is 2.88. The van der Waals surface area contributed by atoms with Gasteiger partial charge in [-0.05, 0) is 38.0 Å². The summed E-state index contributed by atoms with van der Waals surface area (Å²) in [5.41, 5.74) is -0.308. The molecule has 0 bridgehead atoms. The first kappa shape index (κ1) is 13.0. The smallest absolute Gasteiger partial charge is 0.251 e. The van der Waals surface area contributed by atoms with Crippen LogP contribution >= 0.6 is 0 Å². The summed E-state index contributed by atoms with van der Waals surface area (Å²) in [5.74, 6) is -1.31. The number of sulfonamides is 1. The molecule has 0 atom stereocenters. The molecule has 3 N–H and O–H groups in total. The van der Waals surface area contributed by atoms with E-state index in [1.165, 1.54) is 0 Å². The molecule has 0 saturated heterocycles. The number of rotatable bonds is 3. The molecule has 7 heteroatoms. The van der Waals surface area contributed by atoms with Gasteiger partial charge >= 0.3 is 0 Å². The van der Waals surface area contributed by atoms with Crippen LogP contribution in [0.1, 0.15) is 30.1 Å². The van der Waals surface area contributed by atoms with Crippen molar-refractivity contribution < 1.29 is 17.6 Å². The first-order chi connectivity index (χ1) is 8.20. The van der Waals surface area contributed by atoms with Gasteiger partial charge in [0.2, 0.25) is 10.0 Å². The lowest BCUT2D eigenvalue weighted by atomic mass is 10.2. The van der Waals surface area contributed by atoms with Gasteiger partial charge in [-0.2, -0.15) is 0 Å². The van der Waals surface area contributed by atoms with Crippen molar-refractivity contribution in [2.45, 2.75) is 30.2 Å². The maximum absolute atomic E-state index is 13.3. The lowest BCUT2D eigenvalue weighted by Gasteiger charge is -2.12. The second-order valence-electron chi connectivity index (χ2n) is 4.74. The van der Waals surface area contributed by atoms with Crippen LogP contribution in [0.4, 0.5) is 4.39 Å². The van der Waals surface area contributed by atoms with Gasteiger partial charge in [0.15, 0.2) is 0 Å². The minimum atomic E-state index is -4.03. The first-order valence-electron chi connectivity index (χ1n) is 5.36. The van der Waals surface area contributed by atoms with Gasteiger partial charge in [0.25, 0.3) is 5.91 Å². The van der Waals surface area contributed by atoms with Gasteiger partial charge in [0.1, 0.15) is 5.82 Å². The van der Waals surface area contributed by atoms with E-state index in [9.17, 15) is 17.6 Å². The highest BCUT2D eigenvalue weighted by atomic mass is 32.2. The summed E-state index contributed by atoms with van der Waals surface area (Å²) >= 11 is 0. The molecule has 98 valence electrons. The van der Waals surface area contributed by atoms with Crippen molar-refractivity contribution in [1.82, 2.24) is 5.32 Å². The van der Waals surface area contributed by atoms with E-state index in [4.69, 9.17) is 5.14 Å². The van der Waals surface area contributed by atoms with Gasteiger partial charge in [-0.1, -0.05) is 0 Å². The number of carbonyl (C=O) groups is 1. The summed E-state index contributed by atoms with van der Waals surface area (Å²) in [6, 6.07) is 2.83. The van der Waals surface area contributed by atoms with E-state index in [-0.39, 0.29) is 11.1 Å². The average molecular weight is 272 g/mol. The molecule has 0 aromatic heterocycles. The maximum atomic E-state index is 13.3. The molecular weight excluding hydrogens is 259 g/mol. The molecule has 5 nitrogen and oxygen atoms in total. The zero-order chi connectivity index (χ0) is 13.6. The van der Waals surface area contributed by atoms with Gasteiger partial charge in [-0.25, -0.2) is 17.9 Å². The number of primary sulfonamides is 1. The minimum absolute atomic E-state index is 0.0489. The standard InChI is InChI=1S/C11H13FN2O3S/c1-11(2-3-11)14-10(15)7-4-8(12)6-9(5-7)18(13,16)17/h4-6H,2-3H2,1H3,(H,14,15)(H2,13,16,17). The normalized spacial score (nSPS) is 17.3. The SMILES string of the molecule is CC1(NC(=O)c2cc(F)cc(S(N)(=O)=O)c2)CC1. The highest BCUT2D eigenvalue weighted by Crippen LogP contribution is 2.34. The van der Waals surface area contributed by atoms with Crippen molar-refractivity contribution >= 4 is 15.9 Å². The van der Waals surface area contributed by atoms with Crippen LogP contribution in [0.15, 0.2) is 23.1 Å². The number of hydrogen-bond donors (Lipinski definition) is 2. The zero-order valence-electron chi connectivity index (χ0n) is 9.73. The van der Waals surface area contributed by atoms with E-state index in [0.29, 0.717) is 0 Å². The average Bonchev–Trinajstić information content (AvgIpc) is 2.93. The molecular formula is C11H13FN2O3S. The van der Waals surface area contributed by atoms with Crippen LogP contribution < -0.4 is 10.5 Å². The van der Waals surface area contributed by atoms with E-state index >= 15 is 0 Å². The Kier molecular flexibility index (Phi) is 2.90. The molecule has 0 spiro atoms. The number of carbonyl (C=O) groups excluding carboxylic acids is 1. The fourth-order valence-corrected chi connectivity index (χ4v) is 2.08. The maximum Gasteiger partial charge on any atom is 0.251 e. The summed E-state index contributed by atoms with van der Waals surface area (Å²) in [5, 5.41) is 7.62. The van der Waals surface area contributed by atoms with Crippen molar-refractivity contribution in [2.24, 2.45) is 5.14 Å². The molecule has 1 aliphatic rings. The number of amides is 1. The molecule has 1 aliphatic carbocycles. The first-order valence-corrected chi connectivity index (χ1v) is 6.90. The van der Waals surface area contributed by atoms with E-state index in [1.54, 1.807) is 0 Å². The number of halogens is 1. The van der Waals surface area contributed by atoms with E-state index in [1.807, 2.05) is 6.92 Å². The van der Waals surface area contributed by atoms with Crippen LogP contribution in [0, 0.1) is 5.82 Å². The van der Waals surface area contributed by atoms with Crippen molar-refractivity contribution in [3.8, 4) is 0 Å². The Morgan fingerprint density at radius 1 is 1.39 bits per heavy atom. The monoisotopic (exact) mass is 272 g/mol. The highest BCUT2D eigenvalue weighted by molar-refractivity contribution is 7.89. The van der Waals surface area contributed by atoms with Crippen LogP contribution in [0.5, 0.6) is 0 Å². The Labute approximate surface area is 104 Å². The third kappa shape index (κ3) is 2.85. The summed E-state index contributed by atoms with van der Waals surface area (Å²) in [6.07, 6.45) is 1.71. The molecule has 1 saturated carbocycles. The van der Waals surface area contributed by atoms with E-state index in [2.05, 4.69) is 5.32 Å². The zero-order valence-corrected chi connectivity index (χ0v) is 10.6. The van der Waals surface area contributed by atoms with Crippen LogP contribution in [-0.4, -0.2) is 19.9 Å². The number of benzene rings is 1. The van der Waals surface area contributed by atoms with Crippen molar-refractivity contribution in [2.75, 3.05) is 0 Å². The summed E-state index contributed by atoms with van der Waals surface area (Å²) in [4.78, 5) is 11.4. The van der Waals surface area contributed by atoms with Crippen LogP contribution in [0.3, 0.4) is 0 Å². The van der Waals surface area contributed by atoms with Gasteiger partial charge in [0.05, 0.1) is 4.90 Å². The fourth-order valence-electron chi connectivity index (χ4n) is 1.52. The molecule has 18 heavy (non-hydrogen) atoms. The van der Waals surface area contributed by atoms with E-state index < -0.39 is 26.6 Å². The van der Waals surface area contributed by atoms with Crippen LogP contribution in [0.25, 0.3) is 0 Å². The Morgan fingerprint density at radius 3 is 2.50 bits per heavy atom. The number of hydrogen-bond acceptors (Lipinski definition) is 3. The lowest BCUT2D eigenvalue weighted by Crippen LogP contribution is -2.34. The molecule has 1 fully saturated rings.